The van der Waals surface area contributed by atoms with Crippen LogP contribution in [0.5, 0.6) is 0 Å². The molecule has 2 N–H and O–H groups in total. The number of benzene rings is 1. The molecule has 7 heteroatoms. The summed E-state index contributed by atoms with van der Waals surface area (Å²) in [6, 6.07) is 8.56. The summed E-state index contributed by atoms with van der Waals surface area (Å²) in [4.78, 5) is 39.9. The van der Waals surface area contributed by atoms with Gasteiger partial charge < -0.3 is 15.5 Å². The lowest BCUT2D eigenvalue weighted by Crippen LogP contribution is -2.49. The van der Waals surface area contributed by atoms with Gasteiger partial charge in [0.1, 0.15) is 6.04 Å². The molecule has 1 aromatic heterocycles. The smallest absolute Gasteiger partial charge is 0.264 e. The number of likely N-dealkylation sites (tertiary alicyclic amines) is 1. The number of rotatable bonds is 5. The standard InChI is InChI=1S/C21H25N3O3S/c1-3-19(25)22-15-8-6-9-16(14(15)2)23-20(26)17-10-4-5-12-24(17)21(27)18-11-7-13-28-18/h6-9,11,13,17H,3-5,10,12H2,1-2H3,(H,22,25)(H,23,26)/t17-/m0/s1. The number of thiophene rings is 1. The van der Waals surface area contributed by atoms with Gasteiger partial charge in [0.25, 0.3) is 5.91 Å². The van der Waals surface area contributed by atoms with Gasteiger partial charge in [-0.3, -0.25) is 14.4 Å². The van der Waals surface area contributed by atoms with Crippen molar-refractivity contribution in [3.63, 3.8) is 0 Å². The van der Waals surface area contributed by atoms with Gasteiger partial charge in [0.2, 0.25) is 11.8 Å². The molecule has 1 aliphatic heterocycles. The molecule has 2 aromatic rings. The normalized spacial score (nSPS) is 16.5. The summed E-state index contributed by atoms with van der Waals surface area (Å²) in [7, 11) is 0. The summed E-state index contributed by atoms with van der Waals surface area (Å²) in [5.41, 5.74) is 2.12. The highest BCUT2D eigenvalue weighted by Crippen LogP contribution is 2.26. The molecule has 28 heavy (non-hydrogen) atoms. The van der Waals surface area contributed by atoms with E-state index in [1.165, 1.54) is 11.3 Å². The van der Waals surface area contributed by atoms with Crippen LogP contribution in [0.15, 0.2) is 35.7 Å². The minimum atomic E-state index is -0.489. The van der Waals surface area contributed by atoms with Crippen LogP contribution in [0.3, 0.4) is 0 Å². The maximum Gasteiger partial charge on any atom is 0.264 e. The van der Waals surface area contributed by atoms with E-state index in [-0.39, 0.29) is 17.7 Å². The van der Waals surface area contributed by atoms with Crippen LogP contribution in [0, 0.1) is 6.92 Å². The summed E-state index contributed by atoms with van der Waals surface area (Å²) < 4.78 is 0. The maximum absolute atomic E-state index is 13.0. The van der Waals surface area contributed by atoms with Gasteiger partial charge in [-0.15, -0.1) is 11.3 Å². The van der Waals surface area contributed by atoms with Crippen LogP contribution in [0.25, 0.3) is 0 Å². The molecule has 0 saturated carbocycles. The number of anilines is 2. The third-order valence-corrected chi connectivity index (χ3v) is 5.84. The Labute approximate surface area is 168 Å². The zero-order valence-electron chi connectivity index (χ0n) is 16.2. The summed E-state index contributed by atoms with van der Waals surface area (Å²) in [5.74, 6) is -0.353. The molecule has 6 nitrogen and oxygen atoms in total. The Balaban J connectivity index is 1.76. The number of carbonyl (C=O) groups excluding carboxylic acids is 3. The van der Waals surface area contributed by atoms with Gasteiger partial charge >= 0.3 is 0 Å². The van der Waals surface area contributed by atoms with Crippen molar-refractivity contribution in [1.29, 1.82) is 0 Å². The van der Waals surface area contributed by atoms with E-state index in [1.54, 1.807) is 24.0 Å². The van der Waals surface area contributed by atoms with Crippen molar-refractivity contribution in [3.8, 4) is 0 Å². The molecule has 3 rings (SSSR count). The second-order valence-electron chi connectivity index (χ2n) is 6.86. The maximum atomic E-state index is 13.0. The first-order chi connectivity index (χ1) is 13.5. The Bertz CT molecular complexity index is 864. The number of hydrogen-bond donors (Lipinski definition) is 2. The number of amides is 3. The molecule has 0 aliphatic carbocycles. The summed E-state index contributed by atoms with van der Waals surface area (Å²) in [6.45, 7) is 4.23. The van der Waals surface area contributed by atoms with Gasteiger partial charge in [-0.2, -0.15) is 0 Å². The summed E-state index contributed by atoms with van der Waals surface area (Å²) >= 11 is 1.39. The van der Waals surface area contributed by atoms with Crippen molar-refractivity contribution in [1.82, 2.24) is 4.90 Å². The molecule has 1 saturated heterocycles. The number of nitrogens with one attached hydrogen (secondary N) is 2. The van der Waals surface area contributed by atoms with Crippen LogP contribution in [0.2, 0.25) is 0 Å². The molecule has 0 unspecified atom stereocenters. The lowest BCUT2D eigenvalue weighted by atomic mass is 10.0. The third-order valence-electron chi connectivity index (χ3n) is 4.99. The van der Waals surface area contributed by atoms with Crippen molar-refractivity contribution in [3.05, 3.63) is 46.2 Å². The number of piperidine rings is 1. The quantitative estimate of drug-likeness (QED) is 0.796. The Hall–Kier alpha value is -2.67. The van der Waals surface area contributed by atoms with E-state index in [1.807, 2.05) is 30.5 Å². The van der Waals surface area contributed by atoms with Crippen LogP contribution in [-0.2, 0) is 9.59 Å². The molecular weight excluding hydrogens is 374 g/mol. The highest BCUT2D eigenvalue weighted by Gasteiger charge is 2.33. The molecule has 148 valence electrons. The van der Waals surface area contributed by atoms with Gasteiger partial charge in [-0.25, -0.2) is 0 Å². The second kappa shape index (κ2) is 9.01. The van der Waals surface area contributed by atoms with Crippen molar-refractivity contribution in [2.24, 2.45) is 0 Å². The molecule has 3 amide bonds. The Morgan fingerprint density at radius 3 is 2.54 bits per heavy atom. The van der Waals surface area contributed by atoms with E-state index in [0.29, 0.717) is 35.6 Å². The number of carbonyl (C=O) groups is 3. The van der Waals surface area contributed by atoms with Gasteiger partial charge in [0.15, 0.2) is 0 Å². The van der Waals surface area contributed by atoms with Gasteiger partial charge in [-0.1, -0.05) is 19.1 Å². The molecule has 1 aliphatic rings. The van der Waals surface area contributed by atoms with Crippen LogP contribution in [0.1, 0.15) is 47.8 Å². The lowest BCUT2D eigenvalue weighted by Gasteiger charge is -2.34. The first kappa shape index (κ1) is 20.1. The van der Waals surface area contributed by atoms with Crippen molar-refractivity contribution < 1.29 is 14.4 Å². The molecule has 0 radical (unpaired) electrons. The van der Waals surface area contributed by atoms with E-state index >= 15 is 0 Å². The number of hydrogen-bond acceptors (Lipinski definition) is 4. The van der Waals surface area contributed by atoms with Gasteiger partial charge in [0.05, 0.1) is 4.88 Å². The molecule has 1 aromatic carbocycles. The average Bonchev–Trinajstić information content (AvgIpc) is 3.25. The van der Waals surface area contributed by atoms with Crippen LogP contribution < -0.4 is 10.6 Å². The predicted octanol–water partition coefficient (Wildman–Crippen LogP) is 4.04. The molecular formula is C21H25N3O3S. The van der Waals surface area contributed by atoms with Gasteiger partial charge in [-0.05, 0) is 55.3 Å². The average molecular weight is 400 g/mol. The largest absolute Gasteiger partial charge is 0.326 e. The first-order valence-electron chi connectivity index (χ1n) is 9.56. The SMILES string of the molecule is CCC(=O)Nc1cccc(NC(=O)[C@@H]2CCCCN2C(=O)c2cccs2)c1C. The minimum Gasteiger partial charge on any atom is -0.326 e. The zero-order valence-corrected chi connectivity index (χ0v) is 17.0. The molecule has 1 fully saturated rings. The third kappa shape index (κ3) is 4.42. The summed E-state index contributed by atoms with van der Waals surface area (Å²) in [6.07, 6.45) is 2.85. The van der Waals surface area contributed by atoms with Crippen molar-refractivity contribution >= 4 is 40.4 Å². The fourth-order valence-electron chi connectivity index (χ4n) is 3.35. The highest BCUT2D eigenvalue weighted by molar-refractivity contribution is 7.12. The van der Waals surface area contributed by atoms with Crippen LogP contribution in [-0.4, -0.2) is 35.2 Å². The van der Waals surface area contributed by atoms with Crippen molar-refractivity contribution in [2.75, 3.05) is 17.2 Å². The highest BCUT2D eigenvalue weighted by atomic mass is 32.1. The zero-order chi connectivity index (χ0) is 20.1. The summed E-state index contributed by atoms with van der Waals surface area (Å²) in [5, 5.41) is 7.67. The Morgan fingerprint density at radius 2 is 1.86 bits per heavy atom. The Kier molecular flexibility index (Phi) is 6.46. The van der Waals surface area contributed by atoms with E-state index in [9.17, 15) is 14.4 Å². The topological polar surface area (TPSA) is 78.5 Å². The van der Waals surface area contributed by atoms with E-state index in [2.05, 4.69) is 10.6 Å². The van der Waals surface area contributed by atoms with Crippen LogP contribution >= 0.6 is 11.3 Å². The Morgan fingerprint density at radius 1 is 1.11 bits per heavy atom. The first-order valence-corrected chi connectivity index (χ1v) is 10.4. The number of nitrogens with zero attached hydrogens (tertiary/aromatic N) is 1. The van der Waals surface area contributed by atoms with E-state index in [4.69, 9.17) is 0 Å². The molecule has 1 atom stereocenters. The van der Waals surface area contributed by atoms with E-state index in [0.717, 1.165) is 18.4 Å². The molecule has 0 bridgehead atoms. The van der Waals surface area contributed by atoms with E-state index < -0.39 is 6.04 Å². The monoisotopic (exact) mass is 399 g/mol. The minimum absolute atomic E-state index is 0.0772. The molecule has 2 heterocycles. The molecule has 0 spiro atoms. The fraction of sp³-hybridized carbons (Fsp3) is 0.381. The fourth-order valence-corrected chi connectivity index (χ4v) is 4.03. The predicted molar refractivity (Wildman–Crippen MR) is 112 cm³/mol. The van der Waals surface area contributed by atoms with Crippen molar-refractivity contribution in [2.45, 2.75) is 45.6 Å². The lowest BCUT2D eigenvalue weighted by molar-refractivity contribution is -0.121. The van der Waals surface area contributed by atoms with Gasteiger partial charge in [0, 0.05) is 24.3 Å². The second-order valence-corrected chi connectivity index (χ2v) is 7.80. The van der Waals surface area contributed by atoms with Crippen LogP contribution in [0.4, 0.5) is 11.4 Å².